The second-order valence-electron chi connectivity index (χ2n) is 19.4. The highest BCUT2D eigenvalue weighted by atomic mass is 32.2. The fourth-order valence-electron chi connectivity index (χ4n) is 10.5. The summed E-state index contributed by atoms with van der Waals surface area (Å²) in [6.07, 6.45) is 9.29. The zero-order valence-corrected chi connectivity index (χ0v) is 39.3. The maximum absolute atomic E-state index is 14.1. The van der Waals surface area contributed by atoms with Crippen molar-refractivity contribution in [2.24, 2.45) is 11.3 Å². The van der Waals surface area contributed by atoms with E-state index in [1.165, 1.54) is 23.4 Å². The van der Waals surface area contributed by atoms with E-state index in [1.54, 1.807) is 31.3 Å². The average Bonchev–Trinajstić information content (AvgIpc) is 3.77. The van der Waals surface area contributed by atoms with Crippen LogP contribution in [0.4, 0.5) is 11.4 Å². The number of aromatic amines is 1. The number of aromatic nitrogens is 2. The van der Waals surface area contributed by atoms with Gasteiger partial charge in [-0.15, -0.1) is 0 Å². The molecule has 0 radical (unpaired) electrons. The molecule has 2 aliphatic carbocycles. The van der Waals surface area contributed by atoms with Gasteiger partial charge < -0.3 is 39.3 Å². The largest absolute Gasteiger partial charge is 0.485 e. The molecule has 1 spiro atoms. The summed E-state index contributed by atoms with van der Waals surface area (Å²) in [7, 11) is -4.70. The number of ether oxygens (including phenoxy) is 4. The van der Waals surface area contributed by atoms with E-state index in [2.05, 4.69) is 63.0 Å². The Labute approximate surface area is 390 Å². The maximum Gasteiger partial charge on any atom is 0.316 e. The van der Waals surface area contributed by atoms with Crippen molar-refractivity contribution < 1.29 is 42.2 Å². The van der Waals surface area contributed by atoms with Crippen molar-refractivity contribution in [2.45, 2.75) is 114 Å². The van der Waals surface area contributed by atoms with Crippen LogP contribution in [0.1, 0.15) is 113 Å². The first kappa shape index (κ1) is 46.4. The number of amides is 1. The summed E-state index contributed by atoms with van der Waals surface area (Å²) >= 11 is 0. The zero-order chi connectivity index (χ0) is 47.1. The molecule has 1 amide bonds. The lowest BCUT2D eigenvalue weighted by atomic mass is 9.60. The average molecular weight is 937 g/mol. The molecule has 2 aliphatic heterocycles. The number of aliphatic hydroxyl groups is 1. The van der Waals surface area contributed by atoms with Crippen LogP contribution in [0.5, 0.6) is 23.0 Å². The molecule has 3 aromatic carbocycles. The third-order valence-electron chi connectivity index (χ3n) is 14.3. The van der Waals surface area contributed by atoms with E-state index in [0.717, 1.165) is 62.0 Å². The highest BCUT2D eigenvalue weighted by Gasteiger charge is 2.47. The molecule has 3 fully saturated rings. The van der Waals surface area contributed by atoms with Crippen LogP contribution < -0.4 is 29.1 Å². The van der Waals surface area contributed by atoms with Gasteiger partial charge >= 0.3 is 5.69 Å². The second kappa shape index (κ2) is 18.7. The Hall–Kier alpha value is -5.75. The zero-order valence-electron chi connectivity index (χ0n) is 38.5. The van der Waals surface area contributed by atoms with Gasteiger partial charge in [0.05, 0.1) is 39.8 Å². The summed E-state index contributed by atoms with van der Waals surface area (Å²) in [5.41, 5.74) is 2.87. The monoisotopic (exact) mass is 936 g/mol. The van der Waals surface area contributed by atoms with Crippen molar-refractivity contribution in [1.29, 1.82) is 0 Å². The number of carbonyl (C=O) groups is 1. The van der Waals surface area contributed by atoms with E-state index >= 15 is 0 Å². The first-order chi connectivity index (χ1) is 32.1. The number of fused-ring (bicyclic) bond motifs is 2. The summed E-state index contributed by atoms with van der Waals surface area (Å²) < 4.78 is 54.3. The van der Waals surface area contributed by atoms with Crippen molar-refractivity contribution in [1.82, 2.24) is 20.0 Å². The fraction of sp³-hybridized carbons (Fsp3) is 0.480. The highest BCUT2D eigenvalue weighted by Crippen LogP contribution is 2.51. The molecule has 67 heavy (non-hydrogen) atoms. The number of benzene rings is 3. The summed E-state index contributed by atoms with van der Waals surface area (Å²) in [5, 5.41) is 27.5. The predicted octanol–water partition coefficient (Wildman–Crippen LogP) is 8.70. The SMILES string of the molecule is CCOC[C@H](NC1CC2(CCN(c3ccc(C(=O)NS(=O)(=O)c4cc5c(c([N+](=O)[O-])c4)O[C@H](C4CCC(C)(O)CC4)CO5)c(Oc4cnc5[nH]ccc5c4)c3)CC2)C1)c1ccccc1C(C)C. The molecule has 0 unspecified atom stereocenters. The Bertz CT molecular complexity index is 2730. The van der Waals surface area contributed by atoms with Gasteiger partial charge in [-0.3, -0.25) is 14.9 Å². The van der Waals surface area contributed by atoms with Crippen LogP contribution >= 0.6 is 0 Å². The molecule has 5 aromatic rings. The van der Waals surface area contributed by atoms with Gasteiger partial charge in [0.25, 0.3) is 15.9 Å². The first-order valence-electron chi connectivity index (χ1n) is 23.4. The summed E-state index contributed by atoms with van der Waals surface area (Å²) in [6, 6.07) is 19.8. The lowest BCUT2D eigenvalue weighted by Gasteiger charge is -2.53. The molecule has 16 nitrogen and oxygen atoms in total. The number of anilines is 1. The number of sulfonamides is 1. The van der Waals surface area contributed by atoms with E-state index in [4.69, 9.17) is 18.9 Å². The van der Waals surface area contributed by atoms with Crippen LogP contribution in [0.15, 0.2) is 84.0 Å². The van der Waals surface area contributed by atoms with Gasteiger partial charge in [-0.25, -0.2) is 18.1 Å². The second-order valence-corrected chi connectivity index (χ2v) is 21.1. The smallest absolute Gasteiger partial charge is 0.316 e. The first-order valence-corrected chi connectivity index (χ1v) is 24.9. The van der Waals surface area contributed by atoms with Crippen molar-refractivity contribution in [3.8, 4) is 23.0 Å². The molecule has 2 aromatic heterocycles. The van der Waals surface area contributed by atoms with Crippen LogP contribution in [-0.2, 0) is 14.8 Å². The Kier molecular flexibility index (Phi) is 13.0. The van der Waals surface area contributed by atoms with Gasteiger partial charge in [-0.2, -0.15) is 0 Å². The quantitative estimate of drug-likeness (QED) is 0.0573. The number of hydrogen-bond donors (Lipinski definition) is 4. The van der Waals surface area contributed by atoms with Gasteiger partial charge in [-0.05, 0) is 118 Å². The lowest BCUT2D eigenvalue weighted by molar-refractivity contribution is -0.386. The highest BCUT2D eigenvalue weighted by molar-refractivity contribution is 7.90. The third kappa shape index (κ3) is 9.96. The molecule has 356 valence electrons. The maximum atomic E-state index is 14.1. The van der Waals surface area contributed by atoms with Crippen molar-refractivity contribution in [2.75, 3.05) is 37.8 Å². The van der Waals surface area contributed by atoms with Crippen LogP contribution in [0.2, 0.25) is 0 Å². The van der Waals surface area contributed by atoms with Crippen LogP contribution in [-0.4, -0.2) is 85.0 Å². The number of piperidine rings is 1. The number of nitrogens with one attached hydrogen (secondary N) is 3. The lowest BCUT2D eigenvalue weighted by Crippen LogP contribution is -2.54. The summed E-state index contributed by atoms with van der Waals surface area (Å²) in [6.45, 7) is 11.2. The third-order valence-corrected chi connectivity index (χ3v) is 15.6. The summed E-state index contributed by atoms with van der Waals surface area (Å²) in [5.74, 6) is -0.432. The number of nitrogens with zero attached hydrogens (tertiary/aromatic N) is 3. The van der Waals surface area contributed by atoms with E-state index in [-0.39, 0.29) is 46.8 Å². The number of carbonyl (C=O) groups excluding carboxylic acids is 1. The molecule has 4 N–H and O–H groups in total. The molecule has 17 heteroatoms. The number of pyridine rings is 1. The van der Waals surface area contributed by atoms with Gasteiger partial charge in [0.1, 0.15) is 29.9 Å². The number of nitro groups is 1. The minimum absolute atomic E-state index is 0.00715. The molecule has 2 atom stereocenters. The predicted molar refractivity (Wildman–Crippen MR) is 253 cm³/mol. The number of rotatable bonds is 15. The van der Waals surface area contributed by atoms with Crippen molar-refractivity contribution in [3.05, 3.63) is 106 Å². The van der Waals surface area contributed by atoms with E-state index in [9.17, 15) is 28.4 Å². The van der Waals surface area contributed by atoms with Crippen LogP contribution in [0.3, 0.4) is 0 Å². The van der Waals surface area contributed by atoms with Gasteiger partial charge in [0.2, 0.25) is 5.75 Å². The van der Waals surface area contributed by atoms with Gasteiger partial charge in [0.15, 0.2) is 5.75 Å². The molecule has 0 bridgehead atoms. The molecule has 4 aliphatic rings. The van der Waals surface area contributed by atoms with Gasteiger partial charge in [-0.1, -0.05) is 38.1 Å². The minimum Gasteiger partial charge on any atom is -0.485 e. The van der Waals surface area contributed by atoms with Crippen LogP contribution in [0, 0.1) is 21.4 Å². The molecular weight excluding hydrogens is 877 g/mol. The number of nitro benzene ring substituents is 1. The van der Waals surface area contributed by atoms with E-state index in [1.807, 2.05) is 13.0 Å². The summed E-state index contributed by atoms with van der Waals surface area (Å²) in [4.78, 5) is 34.9. The number of hydrogen-bond acceptors (Lipinski definition) is 13. The fourth-order valence-corrected chi connectivity index (χ4v) is 11.5. The Morgan fingerprint density at radius 1 is 1.04 bits per heavy atom. The molecule has 1 saturated heterocycles. The minimum atomic E-state index is -4.70. The number of H-pyrrole nitrogens is 1. The topological polar surface area (TPSA) is 207 Å². The Balaban J connectivity index is 0.908. The Morgan fingerprint density at radius 2 is 1.79 bits per heavy atom. The normalized spacial score (nSPS) is 22.1. The van der Waals surface area contributed by atoms with Crippen molar-refractivity contribution in [3.63, 3.8) is 0 Å². The van der Waals surface area contributed by atoms with Crippen LogP contribution in [0.25, 0.3) is 11.0 Å². The van der Waals surface area contributed by atoms with Crippen molar-refractivity contribution >= 4 is 38.3 Å². The standard InChI is InChI=1S/C50H60N6O10S/c1-5-63-29-41(39-9-7-6-8-38(39)31(2)3)53-34-26-50(27-34)17-20-55(21-18-50)35-10-11-40(43(23-35)65-36-22-33-14-19-51-47(33)52-28-36)48(57)54-67(61,62)37-24-42(56(59)60)46-44(25-37)64-30-45(66-46)32-12-15-49(4,58)16-13-32/h6-11,14,19,22-25,28,31-32,34,41,45,53,58H,5,12-13,15-18,20-21,26-27,29-30H2,1-4H3,(H,51,52)(H,54,57)/t32?,41-,45-,49?/m0/s1. The molecule has 4 heterocycles. The molecule has 2 saturated carbocycles. The molecule has 9 rings (SSSR count). The van der Waals surface area contributed by atoms with E-state index in [0.29, 0.717) is 62.3 Å². The van der Waals surface area contributed by atoms with E-state index < -0.39 is 43.1 Å². The Morgan fingerprint density at radius 3 is 2.51 bits per heavy atom. The van der Waals surface area contributed by atoms with Gasteiger partial charge in [0, 0.05) is 61.2 Å². The molecular formula is C50H60N6O10S.